The summed E-state index contributed by atoms with van der Waals surface area (Å²) >= 11 is 0. The molecule has 0 aromatic carbocycles. The lowest BCUT2D eigenvalue weighted by molar-refractivity contribution is -0.136. The van der Waals surface area contributed by atoms with Gasteiger partial charge in [-0.05, 0) is 20.8 Å². The maximum Gasteiger partial charge on any atom is 0.250 e. The Hall–Kier alpha value is -1.14. The van der Waals surface area contributed by atoms with Gasteiger partial charge in [0.1, 0.15) is 6.10 Å². The largest absolute Gasteiger partial charge is 0.366 e. The summed E-state index contributed by atoms with van der Waals surface area (Å²) in [5.41, 5.74) is -0.287. The third-order valence-electron chi connectivity index (χ3n) is 2.16. The number of hydrogen-bond acceptors (Lipinski definition) is 4. The molecule has 0 aliphatic carbocycles. The fourth-order valence-electron chi connectivity index (χ4n) is 1.48. The normalized spacial score (nSPS) is 20.8. The SMILES string of the molecule is CC(C)(C)NC(=O)CNC(=O)C1CNCCO1. The van der Waals surface area contributed by atoms with Gasteiger partial charge in [0.2, 0.25) is 5.91 Å². The highest BCUT2D eigenvalue weighted by Gasteiger charge is 2.22. The van der Waals surface area contributed by atoms with E-state index in [9.17, 15) is 9.59 Å². The molecule has 1 rings (SSSR count). The molecule has 0 bridgehead atoms. The first-order chi connectivity index (χ1) is 7.88. The Morgan fingerprint density at radius 3 is 2.65 bits per heavy atom. The molecule has 1 fully saturated rings. The number of nitrogens with one attached hydrogen (secondary N) is 3. The predicted molar refractivity (Wildman–Crippen MR) is 63.5 cm³/mol. The third kappa shape index (κ3) is 5.65. The van der Waals surface area contributed by atoms with Crippen LogP contribution in [-0.2, 0) is 14.3 Å². The summed E-state index contributed by atoms with van der Waals surface area (Å²) in [5.74, 6) is -0.448. The van der Waals surface area contributed by atoms with Crippen LogP contribution in [0.25, 0.3) is 0 Å². The second-order valence-electron chi connectivity index (χ2n) is 5.08. The first-order valence-electron chi connectivity index (χ1n) is 5.79. The van der Waals surface area contributed by atoms with Gasteiger partial charge in [0.05, 0.1) is 13.2 Å². The maximum atomic E-state index is 11.6. The molecule has 1 saturated heterocycles. The van der Waals surface area contributed by atoms with Gasteiger partial charge in [-0.3, -0.25) is 9.59 Å². The molecule has 2 amide bonds. The van der Waals surface area contributed by atoms with Crippen molar-refractivity contribution in [1.82, 2.24) is 16.0 Å². The maximum absolute atomic E-state index is 11.6. The number of ether oxygens (including phenoxy) is 1. The van der Waals surface area contributed by atoms with Crippen molar-refractivity contribution in [2.24, 2.45) is 0 Å². The monoisotopic (exact) mass is 243 g/mol. The van der Waals surface area contributed by atoms with Crippen LogP contribution in [0.2, 0.25) is 0 Å². The number of carbonyl (C=O) groups excluding carboxylic acids is 2. The van der Waals surface area contributed by atoms with E-state index in [2.05, 4.69) is 16.0 Å². The van der Waals surface area contributed by atoms with Crippen LogP contribution in [0.4, 0.5) is 0 Å². The molecule has 98 valence electrons. The van der Waals surface area contributed by atoms with Gasteiger partial charge in [0.25, 0.3) is 5.91 Å². The minimum Gasteiger partial charge on any atom is -0.366 e. The van der Waals surface area contributed by atoms with Crippen LogP contribution in [-0.4, -0.2) is 49.7 Å². The van der Waals surface area contributed by atoms with Crippen LogP contribution in [0.3, 0.4) is 0 Å². The minimum absolute atomic E-state index is 0.0179. The predicted octanol–water partition coefficient (Wildman–Crippen LogP) is -0.994. The average Bonchev–Trinajstić information content (AvgIpc) is 2.25. The number of hydrogen-bond donors (Lipinski definition) is 3. The lowest BCUT2D eigenvalue weighted by atomic mass is 10.1. The smallest absolute Gasteiger partial charge is 0.250 e. The quantitative estimate of drug-likeness (QED) is 0.594. The van der Waals surface area contributed by atoms with Gasteiger partial charge in [-0.15, -0.1) is 0 Å². The van der Waals surface area contributed by atoms with E-state index in [1.54, 1.807) is 0 Å². The minimum atomic E-state index is -0.494. The van der Waals surface area contributed by atoms with Crippen molar-refractivity contribution in [2.75, 3.05) is 26.2 Å². The van der Waals surface area contributed by atoms with Gasteiger partial charge in [0, 0.05) is 18.6 Å². The molecule has 0 saturated carbocycles. The number of amides is 2. The summed E-state index contributed by atoms with van der Waals surface area (Å²) in [7, 11) is 0. The topological polar surface area (TPSA) is 79.5 Å². The van der Waals surface area contributed by atoms with E-state index >= 15 is 0 Å². The zero-order chi connectivity index (χ0) is 12.9. The van der Waals surface area contributed by atoms with E-state index in [1.165, 1.54) is 0 Å². The Morgan fingerprint density at radius 2 is 2.12 bits per heavy atom. The molecule has 1 atom stereocenters. The first kappa shape index (κ1) is 13.9. The number of morpholine rings is 1. The summed E-state index contributed by atoms with van der Waals surface area (Å²) in [4.78, 5) is 23.1. The molecule has 0 aromatic heterocycles. The Labute approximate surface area is 101 Å². The molecule has 1 aliphatic rings. The van der Waals surface area contributed by atoms with Crippen LogP contribution in [0.15, 0.2) is 0 Å². The Balaban J connectivity index is 2.25. The third-order valence-corrected chi connectivity index (χ3v) is 2.16. The summed E-state index contributed by atoms with van der Waals surface area (Å²) in [6.07, 6.45) is -0.494. The van der Waals surface area contributed by atoms with E-state index in [0.717, 1.165) is 6.54 Å². The second-order valence-corrected chi connectivity index (χ2v) is 5.08. The molecule has 17 heavy (non-hydrogen) atoms. The van der Waals surface area contributed by atoms with Crippen LogP contribution in [0, 0.1) is 0 Å². The number of carbonyl (C=O) groups is 2. The summed E-state index contributed by atoms with van der Waals surface area (Å²) < 4.78 is 5.27. The van der Waals surface area contributed by atoms with Gasteiger partial charge in [0.15, 0.2) is 0 Å². The van der Waals surface area contributed by atoms with Crippen molar-refractivity contribution in [2.45, 2.75) is 32.4 Å². The van der Waals surface area contributed by atoms with Crippen molar-refractivity contribution in [3.8, 4) is 0 Å². The molecule has 1 unspecified atom stereocenters. The van der Waals surface area contributed by atoms with Gasteiger partial charge in [-0.2, -0.15) is 0 Å². The molecule has 6 nitrogen and oxygen atoms in total. The Kier molecular flexibility index (Phi) is 4.89. The Bertz CT molecular complexity index is 280. The van der Waals surface area contributed by atoms with Crippen molar-refractivity contribution >= 4 is 11.8 Å². The number of rotatable bonds is 3. The summed E-state index contributed by atoms with van der Waals surface area (Å²) in [5, 5.41) is 8.38. The highest BCUT2D eigenvalue weighted by atomic mass is 16.5. The van der Waals surface area contributed by atoms with Crippen molar-refractivity contribution in [1.29, 1.82) is 0 Å². The van der Waals surface area contributed by atoms with E-state index in [-0.39, 0.29) is 23.9 Å². The van der Waals surface area contributed by atoms with Gasteiger partial charge in [-0.25, -0.2) is 0 Å². The fraction of sp³-hybridized carbons (Fsp3) is 0.818. The first-order valence-corrected chi connectivity index (χ1v) is 5.79. The zero-order valence-corrected chi connectivity index (χ0v) is 10.6. The van der Waals surface area contributed by atoms with Gasteiger partial charge >= 0.3 is 0 Å². The molecule has 0 spiro atoms. The van der Waals surface area contributed by atoms with Crippen LogP contribution in [0.1, 0.15) is 20.8 Å². The second kappa shape index (κ2) is 5.97. The van der Waals surface area contributed by atoms with Gasteiger partial charge in [-0.1, -0.05) is 0 Å². The molecule has 1 aliphatic heterocycles. The summed E-state index contributed by atoms with van der Waals surface area (Å²) in [6.45, 7) is 7.42. The van der Waals surface area contributed by atoms with E-state index < -0.39 is 6.10 Å². The standard InChI is InChI=1S/C11H21N3O3/c1-11(2,3)14-9(15)7-13-10(16)8-6-12-4-5-17-8/h8,12H,4-7H2,1-3H3,(H,13,16)(H,14,15). The zero-order valence-electron chi connectivity index (χ0n) is 10.6. The fourth-order valence-corrected chi connectivity index (χ4v) is 1.48. The van der Waals surface area contributed by atoms with Crippen LogP contribution >= 0.6 is 0 Å². The van der Waals surface area contributed by atoms with E-state index in [0.29, 0.717) is 13.2 Å². The Morgan fingerprint density at radius 1 is 1.41 bits per heavy atom. The van der Waals surface area contributed by atoms with Crippen LogP contribution in [0.5, 0.6) is 0 Å². The van der Waals surface area contributed by atoms with E-state index in [1.807, 2.05) is 20.8 Å². The molecule has 0 aromatic rings. The molecular weight excluding hydrogens is 222 g/mol. The van der Waals surface area contributed by atoms with Gasteiger partial charge < -0.3 is 20.7 Å². The van der Waals surface area contributed by atoms with Crippen molar-refractivity contribution in [3.05, 3.63) is 0 Å². The molecule has 1 heterocycles. The lowest BCUT2D eigenvalue weighted by Gasteiger charge is -2.23. The highest BCUT2D eigenvalue weighted by molar-refractivity contribution is 5.87. The summed E-state index contributed by atoms with van der Waals surface area (Å²) in [6, 6.07) is 0. The van der Waals surface area contributed by atoms with E-state index in [4.69, 9.17) is 4.74 Å². The van der Waals surface area contributed by atoms with Crippen LogP contribution < -0.4 is 16.0 Å². The van der Waals surface area contributed by atoms with Crippen molar-refractivity contribution in [3.63, 3.8) is 0 Å². The molecule has 3 N–H and O–H groups in total. The highest BCUT2D eigenvalue weighted by Crippen LogP contribution is 1.98. The average molecular weight is 243 g/mol. The molecule has 6 heteroatoms. The lowest BCUT2D eigenvalue weighted by Crippen LogP contribution is -2.51. The van der Waals surface area contributed by atoms with Crippen molar-refractivity contribution < 1.29 is 14.3 Å². The molecular formula is C11H21N3O3. The molecule has 0 radical (unpaired) electrons.